The van der Waals surface area contributed by atoms with E-state index in [9.17, 15) is 14.7 Å². The van der Waals surface area contributed by atoms with Gasteiger partial charge in [0.15, 0.2) is 0 Å². The van der Waals surface area contributed by atoms with Crippen molar-refractivity contribution in [1.29, 1.82) is 0 Å². The van der Waals surface area contributed by atoms with Crippen LogP contribution in [0.2, 0.25) is 0 Å². The molecule has 1 heterocycles. The zero-order valence-corrected chi connectivity index (χ0v) is 12.5. The van der Waals surface area contributed by atoms with Gasteiger partial charge in [-0.25, -0.2) is 4.79 Å². The highest BCUT2D eigenvalue weighted by atomic mass is 16.4. The van der Waals surface area contributed by atoms with Crippen LogP contribution in [0.4, 0.5) is 5.69 Å². The number of carboxylic acids is 1. The second kappa shape index (κ2) is 5.76. The molecule has 2 rings (SSSR count). The lowest BCUT2D eigenvalue weighted by Gasteiger charge is -2.32. The number of nitrogens with two attached hydrogens (primary N) is 1. The van der Waals surface area contributed by atoms with Gasteiger partial charge in [0.25, 0.3) is 0 Å². The number of rotatable bonds is 4. The number of hydrogen-bond donors (Lipinski definition) is 2. The Morgan fingerprint density at radius 3 is 2.57 bits per heavy atom. The Balaban J connectivity index is 2.07. The van der Waals surface area contributed by atoms with Gasteiger partial charge in [0.05, 0.1) is 0 Å². The maximum absolute atomic E-state index is 12.5. The molecule has 21 heavy (non-hydrogen) atoms. The summed E-state index contributed by atoms with van der Waals surface area (Å²) < 4.78 is 0. The van der Waals surface area contributed by atoms with Crippen molar-refractivity contribution < 1.29 is 14.7 Å². The number of carboxylic acid groups (broad SMARTS) is 1. The number of nitrogen functional groups attached to an aromatic ring is 1. The number of nitrogens with zero attached hydrogens (tertiary/aromatic N) is 1. The van der Waals surface area contributed by atoms with Crippen LogP contribution in [-0.4, -0.2) is 34.0 Å². The zero-order valence-electron chi connectivity index (χ0n) is 12.5. The van der Waals surface area contributed by atoms with Gasteiger partial charge in [-0.3, -0.25) is 4.79 Å². The lowest BCUT2D eigenvalue weighted by molar-refractivity contribution is -0.155. The fraction of sp³-hybridized carbons (Fsp3) is 0.500. The summed E-state index contributed by atoms with van der Waals surface area (Å²) in [4.78, 5) is 25.4. The number of aliphatic carboxylic acids is 1. The highest BCUT2D eigenvalue weighted by Gasteiger charge is 2.45. The van der Waals surface area contributed by atoms with Crippen molar-refractivity contribution in [1.82, 2.24) is 4.90 Å². The molecule has 1 aliphatic heterocycles. The van der Waals surface area contributed by atoms with Crippen molar-refractivity contribution in [3.05, 3.63) is 29.8 Å². The van der Waals surface area contributed by atoms with E-state index in [1.807, 2.05) is 31.2 Å². The molecule has 0 spiro atoms. The van der Waals surface area contributed by atoms with Gasteiger partial charge in [-0.2, -0.15) is 0 Å². The first-order valence-electron chi connectivity index (χ1n) is 7.24. The third-order valence-corrected chi connectivity index (χ3v) is 4.39. The summed E-state index contributed by atoms with van der Waals surface area (Å²) in [5.74, 6) is -0.980. The van der Waals surface area contributed by atoms with Crippen molar-refractivity contribution in [2.45, 2.75) is 44.6 Å². The number of anilines is 1. The van der Waals surface area contributed by atoms with Gasteiger partial charge in [-0.1, -0.05) is 19.1 Å². The van der Waals surface area contributed by atoms with Crippen LogP contribution in [0.5, 0.6) is 0 Å². The van der Waals surface area contributed by atoms with Crippen molar-refractivity contribution in [2.75, 3.05) is 12.3 Å². The SMILES string of the molecule is CC(CC(=O)N1CCCC1(C)C(=O)O)c1ccc(N)cc1. The summed E-state index contributed by atoms with van der Waals surface area (Å²) in [5.41, 5.74) is 6.32. The number of amides is 1. The minimum atomic E-state index is -1.06. The molecule has 2 unspecified atom stereocenters. The monoisotopic (exact) mass is 290 g/mol. The molecule has 1 aliphatic rings. The van der Waals surface area contributed by atoms with Gasteiger partial charge < -0.3 is 15.7 Å². The van der Waals surface area contributed by atoms with Gasteiger partial charge in [-0.15, -0.1) is 0 Å². The Hall–Kier alpha value is -2.04. The van der Waals surface area contributed by atoms with E-state index < -0.39 is 11.5 Å². The number of hydrogen-bond acceptors (Lipinski definition) is 3. The van der Waals surface area contributed by atoms with Crippen molar-refractivity contribution >= 4 is 17.6 Å². The van der Waals surface area contributed by atoms with Crippen LogP contribution in [0.1, 0.15) is 44.6 Å². The lowest BCUT2D eigenvalue weighted by Crippen LogP contribution is -2.50. The molecule has 0 bridgehead atoms. The summed E-state index contributed by atoms with van der Waals surface area (Å²) in [6, 6.07) is 7.45. The van der Waals surface area contributed by atoms with Gasteiger partial charge in [0.1, 0.15) is 5.54 Å². The van der Waals surface area contributed by atoms with Crippen LogP contribution in [0.15, 0.2) is 24.3 Å². The normalized spacial score (nSPS) is 23.0. The maximum atomic E-state index is 12.5. The summed E-state index contributed by atoms with van der Waals surface area (Å²) in [6.45, 7) is 4.13. The molecular weight excluding hydrogens is 268 g/mol. The fourth-order valence-electron chi connectivity index (χ4n) is 2.90. The molecule has 1 aromatic rings. The van der Waals surface area contributed by atoms with E-state index in [4.69, 9.17) is 5.73 Å². The van der Waals surface area contributed by atoms with Crippen LogP contribution in [0.3, 0.4) is 0 Å². The molecule has 1 amide bonds. The van der Waals surface area contributed by atoms with Gasteiger partial charge >= 0.3 is 5.97 Å². The molecule has 114 valence electrons. The van der Waals surface area contributed by atoms with Crippen LogP contribution in [-0.2, 0) is 9.59 Å². The topological polar surface area (TPSA) is 83.6 Å². The molecule has 0 aromatic heterocycles. The standard InChI is InChI=1S/C16H22N2O3/c1-11(12-4-6-13(17)7-5-12)10-14(19)18-9-3-8-16(18,2)15(20)21/h4-7,11H,3,8-10,17H2,1-2H3,(H,20,21). The average molecular weight is 290 g/mol. The summed E-state index contributed by atoms with van der Waals surface area (Å²) in [7, 11) is 0. The number of benzene rings is 1. The molecule has 1 aromatic carbocycles. The number of carbonyl (C=O) groups excluding carboxylic acids is 1. The summed E-state index contributed by atoms with van der Waals surface area (Å²) >= 11 is 0. The maximum Gasteiger partial charge on any atom is 0.329 e. The van der Waals surface area contributed by atoms with E-state index in [1.165, 1.54) is 4.90 Å². The largest absolute Gasteiger partial charge is 0.480 e. The molecule has 3 N–H and O–H groups in total. The molecule has 2 atom stereocenters. The van der Waals surface area contributed by atoms with Crippen LogP contribution in [0.25, 0.3) is 0 Å². The zero-order chi connectivity index (χ0) is 15.6. The highest BCUT2D eigenvalue weighted by molar-refractivity contribution is 5.87. The lowest BCUT2D eigenvalue weighted by atomic mass is 9.95. The Labute approximate surface area is 124 Å². The van der Waals surface area contributed by atoms with E-state index in [2.05, 4.69) is 0 Å². The molecule has 5 nitrogen and oxygen atoms in total. The quantitative estimate of drug-likeness (QED) is 0.833. The minimum absolute atomic E-state index is 0.0387. The van der Waals surface area contributed by atoms with Gasteiger partial charge in [-0.05, 0) is 43.4 Å². The molecule has 0 saturated carbocycles. The Morgan fingerprint density at radius 2 is 2.00 bits per heavy atom. The highest BCUT2D eigenvalue weighted by Crippen LogP contribution is 2.31. The van der Waals surface area contributed by atoms with Crippen LogP contribution >= 0.6 is 0 Å². The summed E-state index contributed by atoms with van der Waals surface area (Å²) in [6.07, 6.45) is 1.57. The van der Waals surface area contributed by atoms with Crippen molar-refractivity contribution in [3.63, 3.8) is 0 Å². The molecule has 5 heteroatoms. The Morgan fingerprint density at radius 1 is 1.38 bits per heavy atom. The smallest absolute Gasteiger partial charge is 0.329 e. The summed E-state index contributed by atoms with van der Waals surface area (Å²) in [5, 5.41) is 9.37. The second-order valence-corrected chi connectivity index (χ2v) is 6.00. The molecule has 0 aliphatic carbocycles. The minimum Gasteiger partial charge on any atom is -0.480 e. The van der Waals surface area contributed by atoms with E-state index >= 15 is 0 Å². The van der Waals surface area contributed by atoms with Gasteiger partial charge in [0, 0.05) is 18.7 Å². The third kappa shape index (κ3) is 3.01. The Kier molecular flexibility index (Phi) is 4.21. The van der Waals surface area contributed by atoms with Crippen molar-refractivity contribution in [3.8, 4) is 0 Å². The first kappa shape index (κ1) is 15.4. The molecule has 0 radical (unpaired) electrons. The van der Waals surface area contributed by atoms with Crippen LogP contribution in [0, 0.1) is 0 Å². The number of carbonyl (C=O) groups is 2. The third-order valence-electron chi connectivity index (χ3n) is 4.39. The first-order valence-corrected chi connectivity index (χ1v) is 7.24. The average Bonchev–Trinajstić information content (AvgIpc) is 2.83. The second-order valence-electron chi connectivity index (χ2n) is 6.00. The van der Waals surface area contributed by atoms with Crippen molar-refractivity contribution in [2.24, 2.45) is 0 Å². The predicted molar refractivity (Wildman–Crippen MR) is 80.9 cm³/mol. The van der Waals surface area contributed by atoms with E-state index in [1.54, 1.807) is 6.92 Å². The molecule has 1 saturated heterocycles. The Bertz CT molecular complexity index is 541. The molecular formula is C16H22N2O3. The van der Waals surface area contributed by atoms with E-state index in [0.29, 0.717) is 25.1 Å². The first-order chi connectivity index (χ1) is 9.84. The predicted octanol–water partition coefficient (Wildman–Crippen LogP) is 2.23. The fourth-order valence-corrected chi connectivity index (χ4v) is 2.90. The number of likely N-dealkylation sites (tertiary alicyclic amines) is 1. The van der Waals surface area contributed by atoms with Crippen LogP contribution < -0.4 is 5.73 Å². The van der Waals surface area contributed by atoms with E-state index in [-0.39, 0.29) is 11.8 Å². The molecule has 1 fully saturated rings. The van der Waals surface area contributed by atoms with E-state index in [0.717, 1.165) is 12.0 Å². The van der Waals surface area contributed by atoms with Gasteiger partial charge in [0.2, 0.25) is 5.91 Å².